The molecule has 0 bridgehead atoms. The van der Waals surface area contributed by atoms with Crippen molar-refractivity contribution in [3.63, 3.8) is 0 Å². The molecule has 0 spiro atoms. The van der Waals surface area contributed by atoms with Crippen molar-refractivity contribution in [3.05, 3.63) is 64.7 Å². The lowest BCUT2D eigenvalue weighted by molar-refractivity contribution is -0.120. The van der Waals surface area contributed by atoms with E-state index in [4.69, 9.17) is 15.2 Å². The van der Waals surface area contributed by atoms with E-state index >= 15 is 0 Å². The van der Waals surface area contributed by atoms with Crippen LogP contribution in [0.2, 0.25) is 0 Å². The quantitative estimate of drug-likeness (QED) is 0.435. The molecule has 1 amide bonds. The number of hydrogen-bond acceptors (Lipinski definition) is 8. The minimum Gasteiger partial charge on any atom is -0.493 e. The smallest absolute Gasteiger partial charge is 0.247 e. The van der Waals surface area contributed by atoms with Gasteiger partial charge in [0.2, 0.25) is 11.0 Å². The van der Waals surface area contributed by atoms with E-state index in [2.05, 4.69) is 20.7 Å². The number of carbonyl (C=O) groups is 1. The molecule has 3 aromatic rings. The van der Waals surface area contributed by atoms with Gasteiger partial charge in [0.15, 0.2) is 11.5 Å². The second-order valence-electron chi connectivity index (χ2n) is 6.09. The van der Waals surface area contributed by atoms with Gasteiger partial charge >= 0.3 is 0 Å². The number of ether oxygens (including phenoxy) is 2. The van der Waals surface area contributed by atoms with Gasteiger partial charge in [-0.1, -0.05) is 41.7 Å². The van der Waals surface area contributed by atoms with Crippen molar-refractivity contribution in [3.8, 4) is 11.5 Å². The second kappa shape index (κ2) is 9.65. The summed E-state index contributed by atoms with van der Waals surface area (Å²) in [7, 11) is 1.58. The average molecular weight is 411 g/mol. The van der Waals surface area contributed by atoms with Crippen LogP contribution in [0, 0.1) is 0 Å². The van der Waals surface area contributed by atoms with Gasteiger partial charge in [-0.05, 0) is 36.2 Å². The number of carbonyl (C=O) groups excluding carboxylic acids is 1. The van der Waals surface area contributed by atoms with Gasteiger partial charge in [0.25, 0.3) is 0 Å². The monoisotopic (exact) mass is 411 g/mol. The summed E-state index contributed by atoms with van der Waals surface area (Å²) in [4.78, 5) is 11.9. The summed E-state index contributed by atoms with van der Waals surface area (Å²) in [5, 5.41) is 12.3. The maximum absolute atomic E-state index is 11.9. The Labute approximate surface area is 172 Å². The highest BCUT2D eigenvalue weighted by Crippen LogP contribution is 2.31. The fourth-order valence-corrected chi connectivity index (χ4v) is 3.15. The van der Waals surface area contributed by atoms with E-state index < -0.39 is 0 Å². The summed E-state index contributed by atoms with van der Waals surface area (Å²) < 4.78 is 11.5. The molecule has 3 rings (SSSR count). The molecule has 29 heavy (non-hydrogen) atoms. The van der Waals surface area contributed by atoms with Crippen LogP contribution in [0.4, 0.5) is 5.13 Å². The minimum atomic E-state index is -0.305. The number of hydrogen-bond donors (Lipinski definition) is 2. The molecule has 0 aliphatic rings. The van der Waals surface area contributed by atoms with Gasteiger partial charge in [-0.25, -0.2) is 5.43 Å². The van der Waals surface area contributed by atoms with Gasteiger partial charge in [0, 0.05) is 0 Å². The van der Waals surface area contributed by atoms with Crippen LogP contribution in [-0.4, -0.2) is 29.4 Å². The molecule has 0 saturated heterocycles. The Hall–Kier alpha value is -3.46. The summed E-state index contributed by atoms with van der Waals surface area (Å²) in [6.07, 6.45) is 1.47. The SMILES string of the molecule is COc1cc(/C=N/NC(=O)Cc2nnc(N)s2)ccc1OC(C)c1ccccc1. The van der Waals surface area contributed by atoms with E-state index in [1.165, 1.54) is 17.6 Å². The molecule has 1 atom stereocenters. The van der Waals surface area contributed by atoms with Gasteiger partial charge in [-0.2, -0.15) is 5.10 Å². The average Bonchev–Trinajstić information content (AvgIpc) is 3.14. The van der Waals surface area contributed by atoms with Gasteiger partial charge in [0.05, 0.1) is 19.7 Å². The topological polar surface area (TPSA) is 112 Å². The first-order valence-electron chi connectivity index (χ1n) is 8.84. The van der Waals surface area contributed by atoms with Crippen molar-refractivity contribution in [1.82, 2.24) is 15.6 Å². The summed E-state index contributed by atoms with van der Waals surface area (Å²) in [5.41, 5.74) is 9.77. The van der Waals surface area contributed by atoms with Gasteiger partial charge in [0.1, 0.15) is 11.1 Å². The lowest BCUT2D eigenvalue weighted by Gasteiger charge is -2.17. The van der Waals surface area contributed by atoms with E-state index in [0.717, 1.165) is 11.1 Å². The normalized spacial score (nSPS) is 11.9. The number of hydrazone groups is 1. The zero-order chi connectivity index (χ0) is 20.6. The van der Waals surface area contributed by atoms with Gasteiger partial charge in [-0.15, -0.1) is 10.2 Å². The van der Waals surface area contributed by atoms with Crippen LogP contribution in [0.1, 0.15) is 29.2 Å². The van der Waals surface area contributed by atoms with Crippen molar-refractivity contribution in [2.75, 3.05) is 12.8 Å². The van der Waals surface area contributed by atoms with Crippen molar-refractivity contribution in [2.45, 2.75) is 19.4 Å². The fourth-order valence-electron chi connectivity index (χ4n) is 2.54. The van der Waals surface area contributed by atoms with Crippen molar-refractivity contribution < 1.29 is 14.3 Å². The lowest BCUT2D eigenvalue weighted by Crippen LogP contribution is -2.19. The van der Waals surface area contributed by atoms with Crippen LogP contribution in [0.15, 0.2) is 53.6 Å². The molecule has 150 valence electrons. The molecule has 1 heterocycles. The number of anilines is 1. The number of methoxy groups -OCH3 is 1. The Morgan fingerprint density at radius 1 is 1.24 bits per heavy atom. The molecule has 0 saturated carbocycles. The third-order valence-electron chi connectivity index (χ3n) is 3.96. The Morgan fingerprint density at radius 3 is 2.72 bits per heavy atom. The largest absolute Gasteiger partial charge is 0.493 e. The maximum Gasteiger partial charge on any atom is 0.247 e. The van der Waals surface area contributed by atoms with Crippen LogP contribution in [0.25, 0.3) is 0 Å². The number of nitrogen functional groups attached to an aromatic ring is 1. The number of benzene rings is 2. The molecular weight excluding hydrogens is 390 g/mol. The molecular formula is C20H21N5O3S. The van der Waals surface area contributed by atoms with Crippen LogP contribution in [0.3, 0.4) is 0 Å². The zero-order valence-electron chi connectivity index (χ0n) is 16.0. The number of aromatic nitrogens is 2. The number of nitrogens with two attached hydrogens (primary N) is 1. The van der Waals surface area contributed by atoms with E-state index in [9.17, 15) is 4.79 Å². The summed E-state index contributed by atoms with van der Waals surface area (Å²) in [6.45, 7) is 1.98. The third kappa shape index (κ3) is 5.76. The molecule has 0 aliphatic carbocycles. The predicted molar refractivity (Wildman–Crippen MR) is 112 cm³/mol. The second-order valence-corrected chi connectivity index (χ2v) is 7.18. The van der Waals surface area contributed by atoms with Crippen LogP contribution in [-0.2, 0) is 11.2 Å². The van der Waals surface area contributed by atoms with Gasteiger partial charge in [-0.3, -0.25) is 4.79 Å². The minimum absolute atomic E-state index is 0.0691. The Kier molecular flexibility index (Phi) is 6.75. The Bertz CT molecular complexity index is 991. The van der Waals surface area contributed by atoms with E-state index in [1.807, 2.05) is 49.4 Å². The highest BCUT2D eigenvalue weighted by Gasteiger charge is 2.11. The summed E-state index contributed by atoms with van der Waals surface area (Å²) in [5.74, 6) is 0.896. The molecule has 1 unspecified atom stereocenters. The number of nitrogens with zero attached hydrogens (tertiary/aromatic N) is 3. The highest BCUT2D eigenvalue weighted by atomic mass is 32.1. The van der Waals surface area contributed by atoms with Crippen molar-refractivity contribution >= 4 is 28.6 Å². The molecule has 2 aromatic carbocycles. The molecule has 0 aliphatic heterocycles. The van der Waals surface area contributed by atoms with E-state index in [-0.39, 0.29) is 18.4 Å². The molecule has 3 N–H and O–H groups in total. The van der Waals surface area contributed by atoms with Crippen molar-refractivity contribution in [2.24, 2.45) is 5.10 Å². The summed E-state index contributed by atoms with van der Waals surface area (Å²) >= 11 is 1.17. The van der Waals surface area contributed by atoms with Crippen LogP contribution < -0.4 is 20.6 Å². The first kappa shape index (κ1) is 20.3. The van der Waals surface area contributed by atoms with Gasteiger partial charge < -0.3 is 15.2 Å². The third-order valence-corrected chi connectivity index (χ3v) is 4.71. The van der Waals surface area contributed by atoms with E-state index in [1.54, 1.807) is 13.2 Å². The first-order valence-corrected chi connectivity index (χ1v) is 9.66. The Morgan fingerprint density at radius 2 is 2.03 bits per heavy atom. The molecule has 0 fully saturated rings. The highest BCUT2D eigenvalue weighted by molar-refractivity contribution is 7.15. The molecule has 1 aromatic heterocycles. The standard InChI is InChI=1S/C20H21N5O3S/c1-13(15-6-4-3-5-7-15)28-16-9-8-14(10-17(16)27-2)12-22-23-18(26)11-19-24-25-20(21)29-19/h3-10,12-13H,11H2,1-2H3,(H2,21,25)(H,23,26)/b22-12+. The zero-order valence-corrected chi connectivity index (χ0v) is 16.8. The fraction of sp³-hybridized carbons (Fsp3) is 0.200. The molecule has 8 nitrogen and oxygen atoms in total. The first-order chi connectivity index (χ1) is 14.0. The number of nitrogens with one attached hydrogen (secondary N) is 1. The molecule has 9 heteroatoms. The predicted octanol–water partition coefficient (Wildman–Crippen LogP) is 2.96. The van der Waals surface area contributed by atoms with Crippen LogP contribution >= 0.6 is 11.3 Å². The number of amides is 1. The summed E-state index contributed by atoms with van der Waals surface area (Å²) in [6, 6.07) is 15.4. The van der Waals surface area contributed by atoms with Crippen molar-refractivity contribution in [1.29, 1.82) is 0 Å². The molecule has 0 radical (unpaired) electrons. The maximum atomic E-state index is 11.9. The number of rotatable bonds is 8. The lowest BCUT2D eigenvalue weighted by atomic mass is 10.1. The Balaban J connectivity index is 1.60. The van der Waals surface area contributed by atoms with E-state index in [0.29, 0.717) is 21.6 Å². The van der Waals surface area contributed by atoms with Crippen LogP contribution in [0.5, 0.6) is 11.5 Å².